The van der Waals surface area contributed by atoms with Gasteiger partial charge in [0.1, 0.15) is 0 Å². The number of carboxylic acid groups (broad SMARTS) is 1. The zero-order chi connectivity index (χ0) is 15.6. The molecule has 0 aliphatic rings. The van der Waals surface area contributed by atoms with Gasteiger partial charge in [0.2, 0.25) is 0 Å². The van der Waals surface area contributed by atoms with Gasteiger partial charge >= 0.3 is 5.97 Å². The Kier molecular flexibility index (Phi) is 4.50. The maximum absolute atomic E-state index is 12.2. The molecule has 0 atom stereocenters. The summed E-state index contributed by atoms with van der Waals surface area (Å²) in [5, 5.41) is 12.4. The third-order valence-electron chi connectivity index (χ3n) is 2.87. The van der Waals surface area contributed by atoms with Crippen LogP contribution in [0.1, 0.15) is 26.3 Å². The van der Waals surface area contributed by atoms with Gasteiger partial charge in [-0.25, -0.2) is 4.79 Å². The molecule has 1 amide bonds. The minimum atomic E-state index is -1.11. The first-order chi connectivity index (χ1) is 9.88. The first-order valence-electron chi connectivity index (χ1n) is 5.99. The Morgan fingerprint density at radius 2 is 1.71 bits per heavy atom. The quantitative estimate of drug-likeness (QED) is 0.887. The summed E-state index contributed by atoms with van der Waals surface area (Å²) in [6.45, 7) is 1.72. The van der Waals surface area contributed by atoms with Crippen LogP contribution in [0.3, 0.4) is 0 Å². The van der Waals surface area contributed by atoms with Crippen molar-refractivity contribution >= 4 is 40.8 Å². The summed E-state index contributed by atoms with van der Waals surface area (Å²) in [4.78, 5) is 23.4. The molecular formula is C15H11Cl2NO3. The molecule has 0 unspecified atom stereocenters. The molecule has 0 radical (unpaired) electrons. The first-order valence-corrected chi connectivity index (χ1v) is 6.74. The lowest BCUT2D eigenvalue weighted by atomic mass is 10.1. The number of carboxylic acids is 1. The minimum absolute atomic E-state index is 0.0245. The van der Waals surface area contributed by atoms with Gasteiger partial charge in [0.25, 0.3) is 5.91 Å². The van der Waals surface area contributed by atoms with Crippen molar-refractivity contribution in [1.29, 1.82) is 0 Å². The molecule has 0 aliphatic heterocycles. The van der Waals surface area contributed by atoms with Gasteiger partial charge in [-0.1, -0.05) is 35.3 Å². The van der Waals surface area contributed by atoms with Crippen LogP contribution in [0.5, 0.6) is 0 Å². The van der Waals surface area contributed by atoms with Crippen molar-refractivity contribution in [2.24, 2.45) is 0 Å². The van der Waals surface area contributed by atoms with Crippen LogP contribution in [0.2, 0.25) is 10.0 Å². The molecular weight excluding hydrogens is 313 g/mol. The number of halogens is 2. The van der Waals surface area contributed by atoms with Crippen molar-refractivity contribution in [2.75, 3.05) is 5.32 Å². The van der Waals surface area contributed by atoms with Crippen LogP contribution >= 0.6 is 23.2 Å². The number of amides is 1. The van der Waals surface area contributed by atoms with E-state index in [9.17, 15) is 9.59 Å². The number of aryl methyl sites for hydroxylation is 1. The smallest absolute Gasteiger partial charge is 0.337 e. The van der Waals surface area contributed by atoms with Crippen molar-refractivity contribution in [3.8, 4) is 0 Å². The van der Waals surface area contributed by atoms with E-state index >= 15 is 0 Å². The summed E-state index contributed by atoms with van der Waals surface area (Å²) in [6, 6.07) is 9.19. The van der Waals surface area contributed by atoms with Gasteiger partial charge in [0, 0.05) is 15.6 Å². The van der Waals surface area contributed by atoms with E-state index in [0.29, 0.717) is 15.6 Å². The number of rotatable bonds is 3. The number of anilines is 1. The van der Waals surface area contributed by atoms with Gasteiger partial charge in [-0.3, -0.25) is 4.79 Å². The standard InChI is InChI=1S/C15H11Cl2NO3/c1-8-3-2-4-12(15(20)21)13(8)18-14(19)9-5-10(16)7-11(17)6-9/h2-7H,1H3,(H,18,19)(H,20,21). The molecule has 0 saturated carbocycles. The Hall–Kier alpha value is -2.04. The predicted octanol–water partition coefficient (Wildman–Crippen LogP) is 4.25. The molecule has 0 spiro atoms. The number of carbonyl (C=O) groups is 2. The molecule has 21 heavy (non-hydrogen) atoms. The largest absolute Gasteiger partial charge is 0.478 e. The van der Waals surface area contributed by atoms with E-state index in [1.54, 1.807) is 19.1 Å². The number of carbonyl (C=O) groups excluding carboxylic acids is 1. The molecule has 0 fully saturated rings. The Morgan fingerprint density at radius 3 is 2.29 bits per heavy atom. The summed E-state index contributed by atoms with van der Waals surface area (Å²) in [5.41, 5.74) is 1.19. The number of para-hydroxylation sites is 1. The molecule has 4 nitrogen and oxygen atoms in total. The summed E-state index contributed by atoms with van der Waals surface area (Å²) in [5.74, 6) is -1.59. The van der Waals surface area contributed by atoms with Crippen LogP contribution in [0.25, 0.3) is 0 Å². The van der Waals surface area contributed by atoms with Crippen molar-refractivity contribution in [3.63, 3.8) is 0 Å². The number of nitrogens with one attached hydrogen (secondary N) is 1. The summed E-state index contributed by atoms with van der Waals surface area (Å²) in [6.07, 6.45) is 0. The van der Waals surface area contributed by atoms with E-state index < -0.39 is 11.9 Å². The third-order valence-corrected chi connectivity index (χ3v) is 3.30. The molecule has 0 aliphatic carbocycles. The second-order valence-electron chi connectivity index (χ2n) is 4.41. The van der Waals surface area contributed by atoms with Gasteiger partial charge in [0.15, 0.2) is 0 Å². The molecule has 6 heteroatoms. The summed E-state index contributed by atoms with van der Waals surface area (Å²) in [7, 11) is 0. The number of benzene rings is 2. The average Bonchev–Trinajstić information content (AvgIpc) is 2.39. The molecule has 2 rings (SSSR count). The second-order valence-corrected chi connectivity index (χ2v) is 5.29. The van der Waals surface area contributed by atoms with Gasteiger partial charge in [0.05, 0.1) is 11.3 Å². The lowest BCUT2D eigenvalue weighted by Gasteiger charge is -2.12. The SMILES string of the molecule is Cc1cccc(C(=O)O)c1NC(=O)c1cc(Cl)cc(Cl)c1. The average molecular weight is 324 g/mol. The van der Waals surface area contributed by atoms with Gasteiger partial charge in [-0.05, 0) is 36.8 Å². The summed E-state index contributed by atoms with van der Waals surface area (Å²) >= 11 is 11.7. The van der Waals surface area contributed by atoms with E-state index in [2.05, 4.69) is 5.32 Å². The first kappa shape index (κ1) is 15.4. The van der Waals surface area contributed by atoms with Crippen LogP contribution in [-0.2, 0) is 0 Å². The normalized spacial score (nSPS) is 10.2. The Morgan fingerprint density at radius 1 is 1.10 bits per heavy atom. The van der Waals surface area contributed by atoms with Crippen LogP contribution in [-0.4, -0.2) is 17.0 Å². The van der Waals surface area contributed by atoms with E-state index in [0.717, 1.165) is 0 Å². The zero-order valence-electron chi connectivity index (χ0n) is 11.0. The maximum atomic E-state index is 12.2. The highest BCUT2D eigenvalue weighted by Gasteiger charge is 2.16. The molecule has 0 heterocycles. The monoisotopic (exact) mass is 323 g/mol. The molecule has 2 N–H and O–H groups in total. The predicted molar refractivity (Wildman–Crippen MR) is 82.6 cm³/mol. The lowest BCUT2D eigenvalue weighted by Crippen LogP contribution is -2.16. The van der Waals surface area contributed by atoms with E-state index in [1.165, 1.54) is 24.3 Å². The number of hydrogen-bond acceptors (Lipinski definition) is 2. The van der Waals surface area contributed by atoms with E-state index in [1.807, 2.05) is 0 Å². The Bertz CT molecular complexity index is 709. The number of hydrogen-bond donors (Lipinski definition) is 2. The highest BCUT2D eigenvalue weighted by atomic mass is 35.5. The van der Waals surface area contributed by atoms with Gasteiger partial charge < -0.3 is 10.4 Å². The van der Waals surface area contributed by atoms with E-state index in [-0.39, 0.29) is 16.8 Å². The topological polar surface area (TPSA) is 66.4 Å². The van der Waals surface area contributed by atoms with Crippen LogP contribution < -0.4 is 5.32 Å². The molecule has 2 aromatic rings. The van der Waals surface area contributed by atoms with Crippen molar-refractivity contribution in [2.45, 2.75) is 6.92 Å². The van der Waals surface area contributed by atoms with E-state index in [4.69, 9.17) is 28.3 Å². The fourth-order valence-corrected chi connectivity index (χ4v) is 2.41. The maximum Gasteiger partial charge on any atom is 0.337 e. The fraction of sp³-hybridized carbons (Fsp3) is 0.0667. The highest BCUT2D eigenvalue weighted by Crippen LogP contribution is 2.23. The lowest BCUT2D eigenvalue weighted by molar-refractivity contribution is 0.0698. The summed E-state index contributed by atoms with van der Waals surface area (Å²) < 4.78 is 0. The molecule has 108 valence electrons. The van der Waals surface area contributed by atoms with Crippen LogP contribution in [0, 0.1) is 6.92 Å². The van der Waals surface area contributed by atoms with Crippen LogP contribution in [0.15, 0.2) is 36.4 Å². The van der Waals surface area contributed by atoms with Crippen LogP contribution in [0.4, 0.5) is 5.69 Å². The van der Waals surface area contributed by atoms with Crippen molar-refractivity contribution in [1.82, 2.24) is 0 Å². The molecule has 0 aromatic heterocycles. The molecule has 0 bridgehead atoms. The fourth-order valence-electron chi connectivity index (χ4n) is 1.88. The minimum Gasteiger partial charge on any atom is -0.478 e. The zero-order valence-corrected chi connectivity index (χ0v) is 12.5. The van der Waals surface area contributed by atoms with Crippen molar-refractivity contribution < 1.29 is 14.7 Å². The highest BCUT2D eigenvalue weighted by molar-refractivity contribution is 6.35. The van der Waals surface area contributed by atoms with Gasteiger partial charge in [-0.2, -0.15) is 0 Å². The second kappa shape index (κ2) is 6.16. The molecule has 2 aromatic carbocycles. The Labute approximate surface area is 131 Å². The third kappa shape index (κ3) is 3.54. The van der Waals surface area contributed by atoms with Crippen molar-refractivity contribution in [3.05, 3.63) is 63.1 Å². The molecule has 0 saturated heterocycles. The van der Waals surface area contributed by atoms with Gasteiger partial charge in [-0.15, -0.1) is 0 Å². The number of aromatic carboxylic acids is 1. The Balaban J connectivity index is 2.38.